The van der Waals surface area contributed by atoms with Gasteiger partial charge in [0.2, 0.25) is 5.91 Å². The number of nitrogens with zero attached hydrogens (tertiary/aromatic N) is 2. The predicted octanol–water partition coefficient (Wildman–Crippen LogP) is 1.08. The Morgan fingerprint density at radius 1 is 1.14 bits per heavy atom. The summed E-state index contributed by atoms with van der Waals surface area (Å²) in [5.74, 6) is 0.142. The molecule has 1 aromatic rings. The van der Waals surface area contributed by atoms with E-state index < -0.39 is 15.9 Å². The first-order valence-corrected chi connectivity index (χ1v) is 12.1. The largest absolute Gasteiger partial charge is 0.340 e. The van der Waals surface area contributed by atoms with E-state index >= 15 is 0 Å². The Hall–Kier alpha value is -1.93. The van der Waals surface area contributed by atoms with E-state index in [-0.39, 0.29) is 35.3 Å². The lowest BCUT2D eigenvalue weighted by Crippen LogP contribution is -2.57. The number of hydrogen-bond acceptors (Lipinski definition) is 5. The van der Waals surface area contributed by atoms with Crippen molar-refractivity contribution in [3.63, 3.8) is 0 Å². The molecule has 2 amide bonds. The zero-order valence-electron chi connectivity index (χ0n) is 17.4. The molecule has 7 nitrogen and oxygen atoms in total. The maximum absolute atomic E-state index is 13.1. The van der Waals surface area contributed by atoms with Crippen LogP contribution in [-0.4, -0.2) is 79.8 Å². The Balaban J connectivity index is 1.59. The summed E-state index contributed by atoms with van der Waals surface area (Å²) in [7, 11) is -2.91. The first-order chi connectivity index (χ1) is 13.7. The van der Waals surface area contributed by atoms with Crippen LogP contribution in [0.2, 0.25) is 0 Å². The van der Waals surface area contributed by atoms with E-state index in [0.717, 1.165) is 5.56 Å². The number of carbonyl (C=O) groups excluding carboxylic acids is 2. The summed E-state index contributed by atoms with van der Waals surface area (Å²) in [6.45, 7) is 8.23. The highest BCUT2D eigenvalue weighted by Crippen LogP contribution is 2.20. The molecule has 0 radical (unpaired) electrons. The summed E-state index contributed by atoms with van der Waals surface area (Å²) in [6, 6.07) is 6.81. The second-order valence-corrected chi connectivity index (χ2v) is 10.7. The fourth-order valence-corrected chi connectivity index (χ4v) is 5.85. The first-order valence-electron chi connectivity index (χ1n) is 10.3. The monoisotopic (exact) mass is 421 g/mol. The van der Waals surface area contributed by atoms with E-state index in [0.29, 0.717) is 38.2 Å². The summed E-state index contributed by atoms with van der Waals surface area (Å²) in [5.41, 5.74) is 1.55. The molecule has 1 unspecified atom stereocenters. The Labute approximate surface area is 173 Å². The molecular formula is C21H31N3O4S. The zero-order chi connectivity index (χ0) is 21.2. The lowest BCUT2D eigenvalue weighted by Gasteiger charge is -2.39. The Kier molecular flexibility index (Phi) is 6.63. The topological polar surface area (TPSA) is 86.8 Å². The van der Waals surface area contributed by atoms with Gasteiger partial charge in [-0.05, 0) is 31.4 Å². The minimum Gasteiger partial charge on any atom is -0.340 e. The van der Waals surface area contributed by atoms with Crippen LogP contribution in [0.1, 0.15) is 36.2 Å². The summed E-state index contributed by atoms with van der Waals surface area (Å²) in [4.78, 5) is 29.7. The Morgan fingerprint density at radius 2 is 1.83 bits per heavy atom. The van der Waals surface area contributed by atoms with Crippen molar-refractivity contribution in [1.29, 1.82) is 0 Å². The normalized spacial score (nSPS) is 23.2. The highest BCUT2D eigenvalue weighted by Gasteiger charge is 2.36. The van der Waals surface area contributed by atoms with E-state index in [1.807, 2.05) is 39.0 Å². The number of sulfone groups is 1. The summed E-state index contributed by atoms with van der Waals surface area (Å²) >= 11 is 0. The second-order valence-electron chi connectivity index (χ2n) is 8.48. The first kappa shape index (κ1) is 21.8. The molecule has 0 bridgehead atoms. The highest BCUT2D eigenvalue weighted by molar-refractivity contribution is 7.91. The molecule has 2 fully saturated rings. The number of carbonyl (C=O) groups is 2. The van der Waals surface area contributed by atoms with Gasteiger partial charge in [0, 0.05) is 37.8 Å². The summed E-state index contributed by atoms with van der Waals surface area (Å²) in [6.07, 6.45) is 0.678. The molecule has 0 aliphatic carbocycles. The molecule has 0 spiro atoms. The maximum Gasteiger partial charge on any atom is 0.251 e. The summed E-state index contributed by atoms with van der Waals surface area (Å²) < 4.78 is 23.5. The zero-order valence-corrected chi connectivity index (χ0v) is 18.2. The molecule has 2 heterocycles. The van der Waals surface area contributed by atoms with Gasteiger partial charge < -0.3 is 10.2 Å². The van der Waals surface area contributed by atoms with Crippen molar-refractivity contribution < 1.29 is 18.0 Å². The number of hydrogen-bond donors (Lipinski definition) is 1. The molecular weight excluding hydrogens is 390 g/mol. The van der Waals surface area contributed by atoms with Crippen LogP contribution in [0.4, 0.5) is 0 Å². The third-order valence-corrected chi connectivity index (χ3v) is 7.60. The predicted molar refractivity (Wildman–Crippen MR) is 112 cm³/mol. The van der Waals surface area contributed by atoms with Gasteiger partial charge in [-0.15, -0.1) is 0 Å². The number of rotatable bonds is 5. The van der Waals surface area contributed by atoms with Gasteiger partial charge in [-0.3, -0.25) is 14.5 Å². The maximum atomic E-state index is 13.1. The average Bonchev–Trinajstić information content (AvgIpc) is 3.05. The quantitative estimate of drug-likeness (QED) is 0.769. The van der Waals surface area contributed by atoms with Gasteiger partial charge in [0.15, 0.2) is 9.84 Å². The van der Waals surface area contributed by atoms with Gasteiger partial charge >= 0.3 is 0 Å². The van der Waals surface area contributed by atoms with Crippen molar-refractivity contribution >= 4 is 21.7 Å². The van der Waals surface area contributed by atoms with E-state index in [2.05, 4.69) is 10.2 Å². The van der Waals surface area contributed by atoms with Gasteiger partial charge in [0.25, 0.3) is 5.91 Å². The molecule has 2 saturated heterocycles. The number of nitrogens with one attached hydrogen (secondary N) is 1. The molecule has 1 N–H and O–H groups in total. The van der Waals surface area contributed by atoms with Gasteiger partial charge in [-0.2, -0.15) is 0 Å². The Morgan fingerprint density at radius 3 is 2.38 bits per heavy atom. The minimum atomic E-state index is -2.91. The number of benzene rings is 1. The smallest absolute Gasteiger partial charge is 0.251 e. The van der Waals surface area contributed by atoms with Crippen molar-refractivity contribution in [3.8, 4) is 0 Å². The van der Waals surface area contributed by atoms with Gasteiger partial charge in [-0.25, -0.2) is 8.42 Å². The van der Waals surface area contributed by atoms with Gasteiger partial charge in [0.1, 0.15) is 6.04 Å². The molecule has 2 aliphatic rings. The van der Waals surface area contributed by atoms with Crippen LogP contribution in [0.15, 0.2) is 24.3 Å². The molecule has 1 aromatic carbocycles. The van der Waals surface area contributed by atoms with E-state index in [1.165, 1.54) is 0 Å². The van der Waals surface area contributed by atoms with Crippen LogP contribution in [-0.2, 0) is 14.6 Å². The van der Waals surface area contributed by atoms with Crippen molar-refractivity contribution in [1.82, 2.24) is 15.1 Å². The van der Waals surface area contributed by atoms with E-state index in [9.17, 15) is 18.0 Å². The highest BCUT2D eigenvalue weighted by atomic mass is 32.2. The fraction of sp³-hybridized carbons (Fsp3) is 0.619. The Bertz CT molecular complexity index is 860. The van der Waals surface area contributed by atoms with E-state index in [4.69, 9.17) is 0 Å². The van der Waals surface area contributed by atoms with Crippen LogP contribution in [0.5, 0.6) is 0 Å². The van der Waals surface area contributed by atoms with Crippen molar-refractivity contribution in [3.05, 3.63) is 35.4 Å². The van der Waals surface area contributed by atoms with Gasteiger partial charge in [-0.1, -0.05) is 31.5 Å². The van der Waals surface area contributed by atoms with Crippen molar-refractivity contribution in [2.45, 2.75) is 39.3 Å². The average molecular weight is 422 g/mol. The van der Waals surface area contributed by atoms with Crippen molar-refractivity contribution in [2.24, 2.45) is 5.92 Å². The third-order valence-electron chi connectivity index (χ3n) is 5.85. The van der Waals surface area contributed by atoms with Crippen LogP contribution >= 0.6 is 0 Å². The molecule has 160 valence electrons. The molecule has 3 rings (SSSR count). The lowest BCUT2D eigenvalue weighted by atomic mass is 10.0. The molecule has 0 aromatic heterocycles. The van der Waals surface area contributed by atoms with Gasteiger partial charge in [0.05, 0.1) is 11.5 Å². The lowest BCUT2D eigenvalue weighted by molar-refractivity contribution is -0.136. The SMILES string of the molecule is Cc1cccc(C(=O)N[C@H](C(=O)N2CCN(C3CCS(=O)(=O)C3)CC2)C(C)C)c1. The van der Waals surface area contributed by atoms with E-state index in [1.54, 1.807) is 11.0 Å². The van der Waals surface area contributed by atoms with Crippen LogP contribution in [0.25, 0.3) is 0 Å². The number of amides is 2. The molecule has 2 aliphatic heterocycles. The third kappa shape index (κ3) is 5.36. The fourth-order valence-electron chi connectivity index (χ4n) is 4.09. The van der Waals surface area contributed by atoms with Crippen LogP contribution in [0, 0.1) is 12.8 Å². The van der Waals surface area contributed by atoms with Crippen LogP contribution in [0.3, 0.4) is 0 Å². The minimum absolute atomic E-state index is 0.0331. The number of piperazine rings is 1. The van der Waals surface area contributed by atoms with Crippen molar-refractivity contribution in [2.75, 3.05) is 37.7 Å². The molecule has 29 heavy (non-hydrogen) atoms. The summed E-state index contributed by atoms with van der Waals surface area (Å²) in [5, 5.41) is 2.91. The number of aryl methyl sites for hydroxylation is 1. The standard InChI is InChI=1S/C21H31N3O4S/c1-15(2)19(22-20(25)17-6-4-5-16(3)13-17)21(26)24-10-8-23(9-11-24)18-7-12-29(27,28)14-18/h4-6,13,15,18-19H,7-12,14H2,1-3H3,(H,22,25)/t18?,19-/m0/s1. The molecule has 2 atom stereocenters. The molecule has 8 heteroatoms. The second kappa shape index (κ2) is 8.83. The molecule has 0 saturated carbocycles. The van der Waals surface area contributed by atoms with Crippen LogP contribution < -0.4 is 5.32 Å².